The van der Waals surface area contributed by atoms with Crippen molar-refractivity contribution in [2.45, 2.75) is 6.92 Å². The average Bonchev–Trinajstić information content (AvgIpc) is 1.65. The van der Waals surface area contributed by atoms with Gasteiger partial charge in [-0.2, -0.15) is 0 Å². The molecule has 0 aromatic carbocycles. The molecule has 7 heavy (non-hydrogen) atoms. The molecule has 3 nitrogen and oxygen atoms in total. The summed E-state index contributed by atoms with van der Waals surface area (Å²) in [5.41, 5.74) is 3.11. The summed E-state index contributed by atoms with van der Waals surface area (Å²) in [7, 11) is 0. The molecule has 0 aliphatic heterocycles. The predicted molar refractivity (Wildman–Crippen MR) is 24.1 cm³/mol. The molecule has 0 aromatic rings. The zero-order valence-electron chi connectivity index (χ0n) is 4.35. The van der Waals surface area contributed by atoms with Crippen LogP contribution >= 0.6 is 0 Å². The third-order valence-corrected chi connectivity index (χ3v) is 0.824. The quantitative estimate of drug-likeness (QED) is 0.442. The molecule has 0 heterocycles. The lowest BCUT2D eigenvalue weighted by atomic mass is 10.2. The van der Waals surface area contributed by atoms with E-state index in [0.717, 1.165) is 0 Å². The van der Waals surface area contributed by atoms with Crippen LogP contribution in [0.4, 0.5) is 0 Å². The van der Waals surface area contributed by atoms with Crippen LogP contribution in [0.2, 0.25) is 0 Å². The lowest BCUT2D eigenvalue weighted by molar-refractivity contribution is -0.311. The molecule has 0 aromatic heterocycles. The smallest absolute Gasteiger partial charge is 0.313 e. The van der Waals surface area contributed by atoms with Gasteiger partial charge in [0, 0.05) is 0 Å². The molecular formula is C4H10NO2+. The first-order valence-corrected chi connectivity index (χ1v) is 2.15. The number of aliphatic hydroxyl groups is 1. The molecule has 1 atom stereocenters. The third kappa shape index (κ3) is 2.31. The van der Waals surface area contributed by atoms with E-state index in [1.54, 1.807) is 6.92 Å². The second-order valence-electron chi connectivity index (χ2n) is 1.55. The summed E-state index contributed by atoms with van der Waals surface area (Å²) < 4.78 is 0. The predicted octanol–water partition coefficient (Wildman–Crippen LogP) is -1.62. The number of amides is 1. The van der Waals surface area contributed by atoms with E-state index in [9.17, 15) is 4.79 Å². The Morgan fingerprint density at radius 2 is 2.43 bits per heavy atom. The maximum absolute atomic E-state index is 10.1. The maximum atomic E-state index is 10.1. The van der Waals surface area contributed by atoms with Gasteiger partial charge in [0.15, 0.2) is 0 Å². The third-order valence-electron chi connectivity index (χ3n) is 0.824. The van der Waals surface area contributed by atoms with Crippen molar-refractivity contribution in [1.82, 2.24) is 0 Å². The second kappa shape index (κ2) is 2.71. The Kier molecular flexibility index (Phi) is 2.55. The van der Waals surface area contributed by atoms with Crippen LogP contribution in [-0.2, 0) is 4.79 Å². The van der Waals surface area contributed by atoms with Gasteiger partial charge in [-0.3, -0.25) is 5.73 Å². The first kappa shape index (κ1) is 6.59. The topological polar surface area (TPSA) is 64.9 Å². The lowest BCUT2D eigenvalue weighted by Gasteiger charge is -1.93. The minimum atomic E-state index is -0.292. The van der Waals surface area contributed by atoms with Crippen LogP contribution in [0.25, 0.3) is 0 Å². The summed E-state index contributed by atoms with van der Waals surface area (Å²) in [6.07, 6.45) is 0. The van der Waals surface area contributed by atoms with E-state index in [2.05, 4.69) is 5.73 Å². The van der Waals surface area contributed by atoms with Gasteiger partial charge < -0.3 is 5.11 Å². The first-order valence-electron chi connectivity index (χ1n) is 2.15. The largest absolute Gasteiger partial charge is 0.395 e. The SMILES string of the molecule is CC(CO)C([NH3+])=O. The molecule has 0 spiro atoms. The summed E-state index contributed by atoms with van der Waals surface area (Å²) in [5, 5.41) is 8.24. The van der Waals surface area contributed by atoms with Crippen molar-refractivity contribution in [2.24, 2.45) is 5.92 Å². The van der Waals surface area contributed by atoms with E-state index < -0.39 is 0 Å². The van der Waals surface area contributed by atoms with Crippen LogP contribution in [-0.4, -0.2) is 17.6 Å². The Balaban J connectivity index is 3.34. The number of hydrogen-bond donors (Lipinski definition) is 2. The summed E-state index contributed by atoms with van der Waals surface area (Å²) in [5.74, 6) is -0.498. The van der Waals surface area contributed by atoms with Crippen LogP contribution < -0.4 is 5.73 Å². The Labute approximate surface area is 42.1 Å². The number of carbonyl (C=O) groups excluding carboxylic acids is 1. The van der Waals surface area contributed by atoms with E-state index in [4.69, 9.17) is 5.11 Å². The molecule has 0 fully saturated rings. The molecule has 0 saturated carbocycles. The van der Waals surface area contributed by atoms with Gasteiger partial charge in [-0.05, 0) is 6.92 Å². The maximum Gasteiger partial charge on any atom is 0.313 e. The van der Waals surface area contributed by atoms with Gasteiger partial charge in [-0.25, -0.2) is 4.79 Å². The Morgan fingerprint density at radius 3 is 2.43 bits per heavy atom. The van der Waals surface area contributed by atoms with E-state index >= 15 is 0 Å². The van der Waals surface area contributed by atoms with Crippen molar-refractivity contribution in [3.05, 3.63) is 0 Å². The fourth-order valence-corrected chi connectivity index (χ4v) is 0.102. The van der Waals surface area contributed by atoms with Crippen LogP contribution in [0.15, 0.2) is 0 Å². The molecular weight excluding hydrogens is 94.0 g/mol. The monoisotopic (exact) mass is 104 g/mol. The Morgan fingerprint density at radius 1 is 2.00 bits per heavy atom. The van der Waals surface area contributed by atoms with Gasteiger partial charge in [0.25, 0.3) is 0 Å². The second-order valence-corrected chi connectivity index (χ2v) is 1.55. The molecule has 4 N–H and O–H groups in total. The highest BCUT2D eigenvalue weighted by Gasteiger charge is 2.08. The first-order chi connectivity index (χ1) is 3.18. The number of hydrogen-bond acceptors (Lipinski definition) is 2. The summed E-state index contributed by atoms with van der Waals surface area (Å²) in [6, 6.07) is 0. The van der Waals surface area contributed by atoms with Gasteiger partial charge in [0.05, 0.1) is 12.5 Å². The minimum absolute atomic E-state index is 0.0949. The van der Waals surface area contributed by atoms with Gasteiger partial charge in [0.2, 0.25) is 0 Å². The van der Waals surface area contributed by atoms with Crippen molar-refractivity contribution >= 4 is 5.91 Å². The Bertz CT molecular complexity index is 72.1. The zero-order chi connectivity index (χ0) is 5.86. The molecule has 0 radical (unpaired) electrons. The van der Waals surface area contributed by atoms with E-state index in [-0.39, 0.29) is 18.4 Å². The van der Waals surface area contributed by atoms with Gasteiger partial charge >= 0.3 is 5.91 Å². The molecule has 0 bridgehead atoms. The van der Waals surface area contributed by atoms with E-state index in [0.29, 0.717) is 0 Å². The van der Waals surface area contributed by atoms with Crippen molar-refractivity contribution in [2.75, 3.05) is 6.61 Å². The number of quaternary nitrogens is 1. The van der Waals surface area contributed by atoms with Gasteiger partial charge in [-0.1, -0.05) is 0 Å². The highest BCUT2D eigenvalue weighted by molar-refractivity contribution is 5.67. The number of aliphatic hydroxyl groups excluding tert-OH is 1. The summed E-state index contributed by atoms with van der Waals surface area (Å²) in [4.78, 5) is 10.1. The van der Waals surface area contributed by atoms with Crippen molar-refractivity contribution < 1.29 is 15.6 Å². The van der Waals surface area contributed by atoms with Crippen LogP contribution in [0, 0.1) is 5.92 Å². The van der Waals surface area contributed by atoms with E-state index in [1.807, 2.05) is 0 Å². The highest BCUT2D eigenvalue weighted by atomic mass is 16.3. The standard InChI is InChI=1S/C4H9NO2/c1-3(2-6)4(5)7/h3,6H,2H2,1H3,(H2,5,7)/p+1. The average molecular weight is 104 g/mol. The normalized spacial score (nSPS) is 13.6. The zero-order valence-corrected chi connectivity index (χ0v) is 4.35. The Hall–Kier alpha value is -0.410. The number of rotatable bonds is 2. The highest BCUT2D eigenvalue weighted by Crippen LogP contribution is 1.85. The fourth-order valence-electron chi connectivity index (χ4n) is 0.102. The molecule has 1 amide bonds. The van der Waals surface area contributed by atoms with Crippen LogP contribution in [0.3, 0.4) is 0 Å². The van der Waals surface area contributed by atoms with Gasteiger partial charge in [0.1, 0.15) is 0 Å². The summed E-state index contributed by atoms with van der Waals surface area (Å²) >= 11 is 0. The van der Waals surface area contributed by atoms with Crippen molar-refractivity contribution in [1.29, 1.82) is 0 Å². The molecule has 3 heteroatoms. The molecule has 0 saturated heterocycles. The van der Waals surface area contributed by atoms with Crippen molar-refractivity contribution in [3.63, 3.8) is 0 Å². The van der Waals surface area contributed by atoms with E-state index in [1.165, 1.54) is 0 Å². The van der Waals surface area contributed by atoms with Gasteiger partial charge in [-0.15, -0.1) is 0 Å². The molecule has 42 valence electrons. The molecule has 0 aliphatic rings. The van der Waals surface area contributed by atoms with Crippen molar-refractivity contribution in [3.8, 4) is 0 Å². The summed E-state index contributed by atoms with van der Waals surface area (Å²) in [6.45, 7) is 1.54. The molecule has 1 unspecified atom stereocenters. The van der Waals surface area contributed by atoms with Crippen LogP contribution in [0.5, 0.6) is 0 Å². The molecule has 0 rings (SSSR count). The lowest BCUT2D eigenvalue weighted by Crippen LogP contribution is -2.60. The fraction of sp³-hybridized carbons (Fsp3) is 0.750. The minimum Gasteiger partial charge on any atom is -0.395 e. The van der Waals surface area contributed by atoms with Crippen LogP contribution in [0.1, 0.15) is 6.92 Å². The molecule has 0 aliphatic carbocycles. The number of carbonyl (C=O) groups is 1.